The van der Waals surface area contributed by atoms with Crippen molar-refractivity contribution in [1.82, 2.24) is 0 Å². The molecule has 1 aliphatic rings. The number of anilines is 1. The minimum absolute atomic E-state index is 0.0585. The Morgan fingerprint density at radius 1 is 1.04 bits per heavy atom. The second kappa shape index (κ2) is 7.22. The number of esters is 1. The molecule has 0 aliphatic carbocycles. The van der Waals surface area contributed by atoms with Gasteiger partial charge in [-0.25, -0.2) is 4.90 Å². The second-order valence-electron chi connectivity index (χ2n) is 5.72. The molecule has 1 aliphatic heterocycles. The highest BCUT2D eigenvalue weighted by molar-refractivity contribution is 6.34. The molecule has 1 heterocycles. The number of amides is 2. The number of hydrogen-bond donors (Lipinski definition) is 0. The molecule has 2 aromatic carbocycles. The van der Waals surface area contributed by atoms with Crippen LogP contribution < -0.4 is 4.90 Å². The summed E-state index contributed by atoms with van der Waals surface area (Å²) in [5.41, 5.74) is 1.03. The van der Waals surface area contributed by atoms with E-state index < -0.39 is 29.5 Å². The molecule has 134 valence electrons. The monoisotopic (exact) mass is 362 g/mol. The number of imide groups is 1. The van der Waals surface area contributed by atoms with Gasteiger partial charge in [0.1, 0.15) is 0 Å². The van der Waals surface area contributed by atoms with Crippen LogP contribution in [0.4, 0.5) is 5.69 Å². The summed E-state index contributed by atoms with van der Waals surface area (Å²) < 4.78 is 4.73. The van der Waals surface area contributed by atoms with Crippen LogP contribution in [0.15, 0.2) is 48.5 Å². The molecule has 0 N–H and O–H groups in total. The Bertz CT molecular complexity index is 953. The summed E-state index contributed by atoms with van der Waals surface area (Å²) in [7, 11) is 0. The standard InChI is InChI=1S/C20H14N2O5/c1-2-27-20(26)16(11-21)17(23)12-7-9-13(10-8-12)22-18(24)14-5-3-4-6-15(14)19(22)25/h3-10,16H,2H2,1H3. The Morgan fingerprint density at radius 2 is 1.59 bits per heavy atom. The average molecular weight is 362 g/mol. The lowest BCUT2D eigenvalue weighted by Gasteiger charge is -2.14. The molecular weight excluding hydrogens is 348 g/mol. The highest BCUT2D eigenvalue weighted by Gasteiger charge is 2.36. The minimum Gasteiger partial charge on any atom is -0.465 e. The van der Waals surface area contributed by atoms with Crippen molar-refractivity contribution in [2.75, 3.05) is 11.5 Å². The molecule has 0 saturated carbocycles. The SMILES string of the molecule is CCOC(=O)C(C#N)C(=O)c1ccc(N2C(=O)c3ccccc3C2=O)cc1. The van der Waals surface area contributed by atoms with E-state index in [1.165, 1.54) is 24.3 Å². The molecule has 0 spiro atoms. The number of ketones is 1. The van der Waals surface area contributed by atoms with E-state index in [1.54, 1.807) is 37.3 Å². The van der Waals surface area contributed by atoms with Crippen LogP contribution in [0.25, 0.3) is 0 Å². The van der Waals surface area contributed by atoms with Crippen LogP contribution in [0.3, 0.4) is 0 Å². The first kappa shape index (κ1) is 18.0. The van der Waals surface area contributed by atoms with Crippen LogP contribution in [-0.2, 0) is 9.53 Å². The third-order valence-corrected chi connectivity index (χ3v) is 4.12. The molecule has 7 heteroatoms. The first-order valence-electron chi connectivity index (χ1n) is 8.18. The summed E-state index contributed by atoms with van der Waals surface area (Å²) >= 11 is 0. The fourth-order valence-electron chi connectivity index (χ4n) is 2.81. The highest BCUT2D eigenvalue weighted by Crippen LogP contribution is 2.28. The highest BCUT2D eigenvalue weighted by atomic mass is 16.5. The van der Waals surface area contributed by atoms with Gasteiger partial charge < -0.3 is 4.74 Å². The van der Waals surface area contributed by atoms with Crippen molar-refractivity contribution in [1.29, 1.82) is 5.26 Å². The minimum atomic E-state index is -1.56. The zero-order valence-electron chi connectivity index (χ0n) is 14.3. The van der Waals surface area contributed by atoms with Crippen LogP contribution in [0.2, 0.25) is 0 Å². The smallest absolute Gasteiger partial charge is 0.331 e. The van der Waals surface area contributed by atoms with Gasteiger partial charge in [0.25, 0.3) is 11.8 Å². The summed E-state index contributed by atoms with van der Waals surface area (Å²) in [6.45, 7) is 1.64. The predicted octanol–water partition coefficient (Wildman–Crippen LogP) is 2.37. The van der Waals surface area contributed by atoms with Gasteiger partial charge in [0.15, 0.2) is 5.78 Å². The molecule has 0 fully saturated rings. The van der Waals surface area contributed by atoms with Crippen molar-refractivity contribution < 1.29 is 23.9 Å². The molecule has 0 bridgehead atoms. The number of nitrogens with zero attached hydrogens (tertiary/aromatic N) is 2. The molecule has 27 heavy (non-hydrogen) atoms. The molecule has 1 atom stereocenters. The van der Waals surface area contributed by atoms with Gasteiger partial charge >= 0.3 is 5.97 Å². The third kappa shape index (κ3) is 3.09. The van der Waals surface area contributed by atoms with Crippen LogP contribution in [0.5, 0.6) is 0 Å². The number of carbonyl (C=O) groups is 4. The number of benzene rings is 2. The van der Waals surface area contributed by atoms with Gasteiger partial charge in [0.05, 0.1) is 29.5 Å². The van der Waals surface area contributed by atoms with Crippen LogP contribution >= 0.6 is 0 Å². The normalized spacial score (nSPS) is 13.7. The van der Waals surface area contributed by atoms with Gasteiger partial charge in [-0.2, -0.15) is 5.26 Å². The van der Waals surface area contributed by atoms with E-state index >= 15 is 0 Å². The van der Waals surface area contributed by atoms with Crippen molar-refractivity contribution in [3.05, 3.63) is 65.2 Å². The van der Waals surface area contributed by atoms with E-state index in [9.17, 15) is 19.2 Å². The van der Waals surface area contributed by atoms with Crippen LogP contribution in [0.1, 0.15) is 38.0 Å². The van der Waals surface area contributed by atoms with E-state index in [4.69, 9.17) is 10.00 Å². The van der Waals surface area contributed by atoms with Gasteiger partial charge in [-0.1, -0.05) is 12.1 Å². The van der Waals surface area contributed by atoms with Gasteiger partial charge in [-0.3, -0.25) is 19.2 Å². The average Bonchev–Trinajstić information content (AvgIpc) is 2.94. The Kier molecular flexibility index (Phi) is 4.81. The maximum Gasteiger partial charge on any atom is 0.331 e. The Labute approximate surface area is 154 Å². The van der Waals surface area contributed by atoms with Crippen LogP contribution in [0, 0.1) is 17.2 Å². The van der Waals surface area contributed by atoms with Crippen LogP contribution in [-0.4, -0.2) is 30.2 Å². The molecular formula is C20H14N2O5. The molecule has 2 amide bonds. The maximum absolute atomic E-state index is 12.5. The lowest BCUT2D eigenvalue weighted by Crippen LogP contribution is -2.29. The van der Waals surface area contributed by atoms with Crippen molar-refractivity contribution in [3.63, 3.8) is 0 Å². The maximum atomic E-state index is 12.5. The summed E-state index contributed by atoms with van der Waals surface area (Å²) in [6, 6.07) is 13.7. The van der Waals surface area contributed by atoms with Gasteiger partial charge in [0.2, 0.25) is 5.92 Å². The number of hydrogen-bond acceptors (Lipinski definition) is 6. The lowest BCUT2D eigenvalue weighted by atomic mass is 9.98. The van der Waals surface area contributed by atoms with Crippen molar-refractivity contribution >= 4 is 29.3 Å². The fourth-order valence-corrected chi connectivity index (χ4v) is 2.81. The lowest BCUT2D eigenvalue weighted by molar-refractivity contribution is -0.144. The van der Waals surface area contributed by atoms with Crippen molar-refractivity contribution in [3.8, 4) is 6.07 Å². The molecule has 0 saturated heterocycles. The number of nitriles is 1. The zero-order chi connectivity index (χ0) is 19.6. The fraction of sp³-hybridized carbons (Fsp3) is 0.150. The summed E-state index contributed by atoms with van der Waals surface area (Å²) in [4.78, 5) is 50.0. The summed E-state index contributed by atoms with van der Waals surface area (Å²) in [5.74, 6) is -4.07. The molecule has 0 aromatic heterocycles. The van der Waals surface area contributed by atoms with Crippen molar-refractivity contribution in [2.24, 2.45) is 5.92 Å². The first-order chi connectivity index (χ1) is 13.0. The van der Waals surface area contributed by atoms with E-state index in [2.05, 4.69) is 0 Å². The van der Waals surface area contributed by atoms with Gasteiger partial charge in [0, 0.05) is 5.56 Å². The van der Waals surface area contributed by atoms with E-state index in [0.29, 0.717) is 16.8 Å². The van der Waals surface area contributed by atoms with E-state index in [-0.39, 0.29) is 12.2 Å². The Balaban J connectivity index is 1.86. The number of carbonyl (C=O) groups excluding carboxylic acids is 4. The number of fused-ring (bicyclic) bond motifs is 1. The number of ether oxygens (including phenoxy) is 1. The third-order valence-electron chi connectivity index (χ3n) is 4.12. The molecule has 0 radical (unpaired) electrons. The Hall–Kier alpha value is -3.79. The van der Waals surface area contributed by atoms with E-state index in [0.717, 1.165) is 4.90 Å². The Morgan fingerprint density at radius 3 is 2.07 bits per heavy atom. The first-order valence-corrected chi connectivity index (χ1v) is 8.18. The molecule has 1 unspecified atom stereocenters. The topological polar surface area (TPSA) is 105 Å². The van der Waals surface area contributed by atoms with Crippen molar-refractivity contribution in [2.45, 2.75) is 6.92 Å². The summed E-state index contributed by atoms with van der Waals surface area (Å²) in [6.07, 6.45) is 0. The zero-order valence-corrected chi connectivity index (χ0v) is 14.3. The predicted molar refractivity (Wildman–Crippen MR) is 94.1 cm³/mol. The molecule has 2 aromatic rings. The number of rotatable bonds is 5. The number of Topliss-reactive ketones (excluding diaryl/α,β-unsaturated/α-hetero) is 1. The largest absolute Gasteiger partial charge is 0.465 e. The summed E-state index contributed by atoms with van der Waals surface area (Å²) in [5, 5.41) is 9.08. The quantitative estimate of drug-likeness (QED) is 0.350. The van der Waals surface area contributed by atoms with Gasteiger partial charge in [-0.15, -0.1) is 0 Å². The molecule has 3 rings (SSSR count). The van der Waals surface area contributed by atoms with Gasteiger partial charge in [-0.05, 0) is 43.3 Å². The second-order valence-corrected chi connectivity index (χ2v) is 5.72. The van der Waals surface area contributed by atoms with E-state index in [1.807, 2.05) is 0 Å². The molecule has 7 nitrogen and oxygen atoms in total.